The Balaban J connectivity index is 2.45. The topological polar surface area (TPSA) is 59.4 Å². The molecule has 0 aliphatic carbocycles. The third-order valence-electron chi connectivity index (χ3n) is 2.19. The van der Waals surface area contributed by atoms with E-state index >= 15 is 0 Å². The Labute approximate surface area is 114 Å². The summed E-state index contributed by atoms with van der Waals surface area (Å²) in [5.74, 6) is -4.12. The largest absolute Gasteiger partial charge is 0.477 e. The van der Waals surface area contributed by atoms with Crippen molar-refractivity contribution in [2.24, 2.45) is 0 Å². The summed E-state index contributed by atoms with van der Waals surface area (Å²) in [5.41, 5.74) is -0.248. The first-order chi connectivity index (χ1) is 8.99. The van der Waals surface area contributed by atoms with Crippen molar-refractivity contribution in [3.05, 3.63) is 52.3 Å². The number of pyridine rings is 1. The third-order valence-corrected chi connectivity index (χ3v) is 2.65. The van der Waals surface area contributed by atoms with Crippen LogP contribution in [0.15, 0.2) is 35.1 Å². The van der Waals surface area contributed by atoms with Crippen LogP contribution in [0.1, 0.15) is 10.4 Å². The molecule has 0 atom stereocenters. The molecule has 1 aromatic carbocycles. The molecule has 1 aromatic heterocycles. The van der Waals surface area contributed by atoms with Crippen molar-refractivity contribution in [2.45, 2.75) is 0 Å². The lowest BCUT2D eigenvalue weighted by Gasteiger charge is -2.09. The fourth-order valence-electron chi connectivity index (χ4n) is 1.36. The highest BCUT2D eigenvalue weighted by Crippen LogP contribution is 2.31. The molecule has 4 nitrogen and oxygen atoms in total. The smallest absolute Gasteiger partial charge is 0.341 e. The zero-order valence-electron chi connectivity index (χ0n) is 9.23. The van der Waals surface area contributed by atoms with Gasteiger partial charge in [-0.05, 0) is 12.1 Å². The first-order valence-corrected chi connectivity index (χ1v) is 5.78. The average molecular weight is 330 g/mol. The van der Waals surface area contributed by atoms with E-state index in [-0.39, 0.29) is 15.8 Å². The number of aromatic nitrogens is 1. The molecule has 7 heteroatoms. The van der Waals surface area contributed by atoms with E-state index in [1.54, 1.807) is 0 Å². The van der Waals surface area contributed by atoms with Gasteiger partial charge in [-0.2, -0.15) is 4.39 Å². The minimum Gasteiger partial charge on any atom is -0.477 e. The molecule has 0 radical (unpaired) electrons. The molecule has 0 saturated heterocycles. The van der Waals surface area contributed by atoms with Gasteiger partial charge >= 0.3 is 5.97 Å². The summed E-state index contributed by atoms with van der Waals surface area (Å²) in [4.78, 5) is 14.6. The molecule has 0 aliphatic rings. The number of benzene rings is 1. The van der Waals surface area contributed by atoms with Gasteiger partial charge in [-0.1, -0.05) is 15.9 Å². The second kappa shape index (κ2) is 5.31. The Bertz CT molecular complexity index is 649. The summed E-state index contributed by atoms with van der Waals surface area (Å²) in [6.45, 7) is 0. The number of halogens is 3. The standard InChI is InChI=1S/C12H6BrF2NO3/c13-6-3-8(14)11(15)10(4-6)19-9-1-2-16-5-7(9)12(17)18/h1-5H,(H,17,18). The SMILES string of the molecule is O=C(O)c1cnccc1Oc1cc(Br)cc(F)c1F. The fraction of sp³-hybridized carbons (Fsp3) is 0. The highest BCUT2D eigenvalue weighted by molar-refractivity contribution is 9.10. The van der Waals surface area contributed by atoms with Crippen molar-refractivity contribution < 1.29 is 23.4 Å². The van der Waals surface area contributed by atoms with Crippen LogP contribution >= 0.6 is 15.9 Å². The van der Waals surface area contributed by atoms with Gasteiger partial charge in [0.1, 0.15) is 11.3 Å². The average Bonchev–Trinajstić information content (AvgIpc) is 2.35. The van der Waals surface area contributed by atoms with Crippen LogP contribution in [0.5, 0.6) is 11.5 Å². The van der Waals surface area contributed by atoms with Crippen LogP contribution in [0.2, 0.25) is 0 Å². The fourth-order valence-corrected chi connectivity index (χ4v) is 1.77. The number of hydrogen-bond acceptors (Lipinski definition) is 3. The van der Waals surface area contributed by atoms with E-state index in [9.17, 15) is 13.6 Å². The molecule has 0 saturated carbocycles. The molecule has 2 rings (SSSR count). The number of nitrogens with zero attached hydrogens (tertiary/aromatic N) is 1. The van der Waals surface area contributed by atoms with Crippen molar-refractivity contribution in [1.82, 2.24) is 4.98 Å². The van der Waals surface area contributed by atoms with Crippen molar-refractivity contribution in [3.8, 4) is 11.5 Å². The van der Waals surface area contributed by atoms with E-state index in [1.807, 2.05) is 0 Å². The van der Waals surface area contributed by atoms with E-state index in [2.05, 4.69) is 20.9 Å². The molecule has 19 heavy (non-hydrogen) atoms. The van der Waals surface area contributed by atoms with Gasteiger partial charge in [0.15, 0.2) is 11.6 Å². The van der Waals surface area contributed by atoms with Crippen molar-refractivity contribution in [2.75, 3.05) is 0 Å². The summed E-state index contributed by atoms with van der Waals surface area (Å²) >= 11 is 2.99. The summed E-state index contributed by atoms with van der Waals surface area (Å²) in [6, 6.07) is 3.39. The van der Waals surface area contributed by atoms with Crippen molar-refractivity contribution >= 4 is 21.9 Å². The lowest BCUT2D eigenvalue weighted by Crippen LogP contribution is -2.01. The van der Waals surface area contributed by atoms with Gasteiger partial charge < -0.3 is 9.84 Å². The lowest BCUT2D eigenvalue weighted by atomic mass is 10.2. The van der Waals surface area contributed by atoms with Crippen molar-refractivity contribution in [1.29, 1.82) is 0 Å². The van der Waals surface area contributed by atoms with Crippen LogP contribution in [0.4, 0.5) is 8.78 Å². The number of carboxylic acids is 1. The maximum Gasteiger partial charge on any atom is 0.341 e. The lowest BCUT2D eigenvalue weighted by molar-refractivity contribution is 0.0693. The third kappa shape index (κ3) is 2.87. The van der Waals surface area contributed by atoms with Gasteiger partial charge in [0.05, 0.1) is 0 Å². The molecule has 2 aromatic rings. The second-order valence-electron chi connectivity index (χ2n) is 3.48. The van der Waals surface area contributed by atoms with Crippen LogP contribution in [-0.4, -0.2) is 16.1 Å². The van der Waals surface area contributed by atoms with Gasteiger partial charge in [-0.3, -0.25) is 4.98 Å². The number of aromatic carboxylic acids is 1. The minimum atomic E-state index is -1.28. The molecule has 0 spiro atoms. The van der Waals surface area contributed by atoms with Crippen molar-refractivity contribution in [3.63, 3.8) is 0 Å². The summed E-state index contributed by atoms with van der Waals surface area (Å²) in [5, 5.41) is 8.93. The Kier molecular flexibility index (Phi) is 3.75. The summed E-state index contributed by atoms with van der Waals surface area (Å²) < 4.78 is 32.1. The van der Waals surface area contributed by atoms with Crippen LogP contribution in [0, 0.1) is 11.6 Å². The van der Waals surface area contributed by atoms with E-state index < -0.39 is 23.4 Å². The number of rotatable bonds is 3. The number of hydrogen-bond donors (Lipinski definition) is 1. The maximum atomic E-state index is 13.5. The molecule has 0 fully saturated rings. The van der Waals surface area contributed by atoms with E-state index in [1.165, 1.54) is 18.3 Å². The highest BCUT2D eigenvalue weighted by Gasteiger charge is 2.16. The van der Waals surface area contributed by atoms with E-state index in [0.29, 0.717) is 0 Å². The molecule has 1 heterocycles. The van der Waals surface area contributed by atoms with Crippen LogP contribution in [-0.2, 0) is 0 Å². The first kappa shape index (κ1) is 13.4. The molecule has 1 N–H and O–H groups in total. The predicted molar refractivity (Wildman–Crippen MR) is 65.3 cm³/mol. The number of carboxylic acid groups (broad SMARTS) is 1. The second-order valence-corrected chi connectivity index (χ2v) is 4.39. The van der Waals surface area contributed by atoms with Gasteiger partial charge in [-0.15, -0.1) is 0 Å². The highest BCUT2D eigenvalue weighted by atomic mass is 79.9. The quantitative estimate of drug-likeness (QED) is 0.874. The maximum absolute atomic E-state index is 13.5. The van der Waals surface area contributed by atoms with E-state index in [4.69, 9.17) is 9.84 Å². The van der Waals surface area contributed by atoms with Gasteiger partial charge in [0.25, 0.3) is 0 Å². The van der Waals surface area contributed by atoms with Gasteiger partial charge in [0.2, 0.25) is 5.82 Å². The number of ether oxygens (including phenoxy) is 1. The molecular weight excluding hydrogens is 324 g/mol. The van der Waals surface area contributed by atoms with Gasteiger partial charge in [0, 0.05) is 22.9 Å². The predicted octanol–water partition coefficient (Wildman–Crippen LogP) is 3.61. The van der Waals surface area contributed by atoms with Gasteiger partial charge in [-0.25, -0.2) is 9.18 Å². The molecule has 0 amide bonds. The first-order valence-electron chi connectivity index (χ1n) is 4.98. The minimum absolute atomic E-state index is 0.126. The summed E-state index contributed by atoms with van der Waals surface area (Å²) in [6.07, 6.45) is 2.35. The Morgan fingerprint density at radius 2 is 2.05 bits per heavy atom. The van der Waals surface area contributed by atoms with Crippen LogP contribution in [0.25, 0.3) is 0 Å². The molecule has 98 valence electrons. The zero-order valence-corrected chi connectivity index (χ0v) is 10.8. The van der Waals surface area contributed by atoms with Crippen LogP contribution in [0.3, 0.4) is 0 Å². The normalized spacial score (nSPS) is 10.3. The Hall–Kier alpha value is -2.02. The number of carbonyl (C=O) groups is 1. The Morgan fingerprint density at radius 1 is 1.32 bits per heavy atom. The zero-order chi connectivity index (χ0) is 14.0. The molecule has 0 bridgehead atoms. The molecule has 0 aliphatic heterocycles. The monoisotopic (exact) mass is 329 g/mol. The Morgan fingerprint density at radius 3 is 2.74 bits per heavy atom. The molecular formula is C12H6BrF2NO3. The summed E-state index contributed by atoms with van der Waals surface area (Å²) in [7, 11) is 0. The molecule has 0 unspecified atom stereocenters. The van der Waals surface area contributed by atoms with E-state index in [0.717, 1.165) is 12.3 Å². The van der Waals surface area contributed by atoms with Crippen LogP contribution < -0.4 is 4.74 Å².